The standard InChI is InChI=1S/C25H28F4N5OPS/c1-33-15-13-20(19(26)16-33)31-23-8-4-7-22-24(37-25(27,28)29)21(32-34(22)23)6-5-14-30-17-9-11-18(12-10-17)36(2,3)35/h4,7-12,19-20,30-31H,13-16H2,1-3H3/t19-,20+/m1/s1. The molecule has 2 aromatic heterocycles. The van der Waals surface area contributed by atoms with Gasteiger partial charge in [-0.05, 0) is 80.9 Å². The summed E-state index contributed by atoms with van der Waals surface area (Å²) in [7, 11) is -0.510. The second-order valence-corrected chi connectivity index (χ2v) is 13.6. The van der Waals surface area contributed by atoms with E-state index < -0.39 is 24.9 Å². The summed E-state index contributed by atoms with van der Waals surface area (Å²) >= 11 is -0.264. The smallest absolute Gasteiger partial charge is 0.374 e. The first-order chi connectivity index (χ1) is 17.4. The molecule has 0 amide bonds. The van der Waals surface area contributed by atoms with Gasteiger partial charge in [-0.1, -0.05) is 12.0 Å². The lowest BCUT2D eigenvalue weighted by Crippen LogP contribution is -2.46. The molecule has 3 heterocycles. The number of alkyl halides is 4. The van der Waals surface area contributed by atoms with Crippen LogP contribution in [-0.4, -0.2) is 72.2 Å². The Balaban J connectivity index is 1.57. The van der Waals surface area contributed by atoms with E-state index in [4.69, 9.17) is 0 Å². The zero-order chi connectivity index (χ0) is 26.8. The molecule has 0 unspecified atom stereocenters. The number of rotatable bonds is 6. The van der Waals surface area contributed by atoms with Gasteiger partial charge in [0.05, 0.1) is 23.0 Å². The van der Waals surface area contributed by atoms with Gasteiger partial charge in [-0.15, -0.1) is 0 Å². The van der Waals surface area contributed by atoms with E-state index in [0.717, 1.165) is 11.0 Å². The van der Waals surface area contributed by atoms with E-state index in [-0.39, 0.29) is 41.0 Å². The van der Waals surface area contributed by atoms with Crippen molar-refractivity contribution in [3.63, 3.8) is 0 Å². The Hall–Kier alpha value is -2.67. The highest BCUT2D eigenvalue weighted by Crippen LogP contribution is 2.41. The van der Waals surface area contributed by atoms with Crippen molar-refractivity contribution in [2.75, 3.05) is 50.6 Å². The third-order valence-corrected chi connectivity index (χ3v) is 8.36. The molecule has 3 aromatic rings. The lowest BCUT2D eigenvalue weighted by atomic mass is 10.0. The molecule has 12 heteroatoms. The average Bonchev–Trinajstić information content (AvgIpc) is 3.15. The molecule has 0 radical (unpaired) electrons. The number of thioether (sulfide) groups is 1. The maximum Gasteiger partial charge on any atom is 0.446 e. The number of likely N-dealkylation sites (tertiary alicyclic amines) is 1. The number of anilines is 2. The summed E-state index contributed by atoms with van der Waals surface area (Å²) in [6.45, 7) is 4.55. The third kappa shape index (κ3) is 7.01. The summed E-state index contributed by atoms with van der Waals surface area (Å²) in [5.41, 5.74) is -3.55. The van der Waals surface area contributed by atoms with Gasteiger partial charge in [0.15, 0.2) is 0 Å². The second-order valence-electron chi connectivity index (χ2n) is 9.30. The Bertz CT molecular complexity index is 1360. The fourth-order valence-corrected chi connectivity index (χ4v) is 5.62. The van der Waals surface area contributed by atoms with E-state index >= 15 is 0 Å². The van der Waals surface area contributed by atoms with Gasteiger partial charge in [-0.2, -0.15) is 18.3 Å². The van der Waals surface area contributed by atoms with Crippen LogP contribution in [0.5, 0.6) is 0 Å². The molecule has 1 aliphatic rings. The van der Waals surface area contributed by atoms with Gasteiger partial charge in [-0.25, -0.2) is 8.91 Å². The first-order valence-corrected chi connectivity index (χ1v) is 15.1. The fraction of sp³-hybridized carbons (Fsp3) is 0.400. The van der Waals surface area contributed by atoms with Crippen molar-refractivity contribution in [3.8, 4) is 11.8 Å². The maximum absolute atomic E-state index is 14.6. The number of hydrogen-bond acceptors (Lipinski definition) is 6. The first kappa shape index (κ1) is 27.4. The molecular weight excluding hydrogens is 525 g/mol. The summed E-state index contributed by atoms with van der Waals surface area (Å²) in [5.74, 6) is 6.01. The van der Waals surface area contributed by atoms with Crippen LogP contribution in [-0.2, 0) is 4.57 Å². The Morgan fingerprint density at radius 2 is 1.92 bits per heavy atom. The van der Waals surface area contributed by atoms with E-state index in [1.807, 2.05) is 11.9 Å². The normalized spacial score (nSPS) is 18.9. The highest BCUT2D eigenvalue weighted by atomic mass is 32.2. The van der Waals surface area contributed by atoms with Crippen LogP contribution in [0.3, 0.4) is 0 Å². The van der Waals surface area contributed by atoms with Crippen LogP contribution in [0.25, 0.3) is 5.52 Å². The highest BCUT2D eigenvalue weighted by molar-refractivity contribution is 8.00. The Kier molecular flexibility index (Phi) is 8.12. The van der Waals surface area contributed by atoms with Gasteiger partial charge >= 0.3 is 5.51 Å². The quantitative estimate of drug-likeness (QED) is 0.192. The number of halogens is 4. The largest absolute Gasteiger partial charge is 0.446 e. The summed E-state index contributed by atoms with van der Waals surface area (Å²) < 4.78 is 68.3. The molecule has 6 nitrogen and oxygen atoms in total. The van der Waals surface area contributed by atoms with Crippen LogP contribution in [0, 0.1) is 11.8 Å². The van der Waals surface area contributed by atoms with E-state index in [2.05, 4.69) is 27.6 Å². The molecule has 0 aliphatic carbocycles. The van der Waals surface area contributed by atoms with Gasteiger partial charge in [0.25, 0.3) is 0 Å². The van der Waals surface area contributed by atoms with E-state index in [9.17, 15) is 22.1 Å². The van der Waals surface area contributed by atoms with E-state index in [0.29, 0.717) is 18.8 Å². The van der Waals surface area contributed by atoms with Crippen molar-refractivity contribution in [1.29, 1.82) is 0 Å². The van der Waals surface area contributed by atoms with Gasteiger partial charge in [0.1, 0.15) is 24.8 Å². The maximum atomic E-state index is 14.6. The molecule has 0 bridgehead atoms. The zero-order valence-corrected chi connectivity index (χ0v) is 22.4. The van der Waals surface area contributed by atoms with Crippen molar-refractivity contribution in [3.05, 3.63) is 48.2 Å². The van der Waals surface area contributed by atoms with Gasteiger partial charge in [-0.3, -0.25) is 0 Å². The minimum absolute atomic E-state index is 0.00759. The third-order valence-electron chi connectivity index (χ3n) is 5.98. The predicted molar refractivity (Wildman–Crippen MR) is 142 cm³/mol. The molecule has 37 heavy (non-hydrogen) atoms. The predicted octanol–water partition coefficient (Wildman–Crippen LogP) is 5.11. The van der Waals surface area contributed by atoms with Crippen LogP contribution in [0.2, 0.25) is 0 Å². The summed E-state index contributed by atoms with van der Waals surface area (Å²) in [4.78, 5) is 1.80. The lowest BCUT2D eigenvalue weighted by Gasteiger charge is -2.33. The number of aromatic nitrogens is 2. The zero-order valence-electron chi connectivity index (χ0n) is 20.6. The number of fused-ring (bicyclic) bond motifs is 1. The molecule has 0 spiro atoms. The van der Waals surface area contributed by atoms with E-state index in [1.165, 1.54) is 4.52 Å². The Morgan fingerprint density at radius 3 is 2.57 bits per heavy atom. The molecule has 198 valence electrons. The van der Waals surface area contributed by atoms with Gasteiger partial charge < -0.3 is 20.1 Å². The molecule has 1 fully saturated rings. The minimum atomic E-state index is -4.53. The topological polar surface area (TPSA) is 61.7 Å². The number of nitrogens with zero attached hydrogens (tertiary/aromatic N) is 3. The van der Waals surface area contributed by atoms with Crippen LogP contribution in [0.1, 0.15) is 12.1 Å². The van der Waals surface area contributed by atoms with Crippen LogP contribution in [0.15, 0.2) is 47.4 Å². The van der Waals surface area contributed by atoms with Crippen molar-refractivity contribution in [2.24, 2.45) is 0 Å². The number of benzene rings is 1. The molecule has 0 saturated carbocycles. The molecule has 1 aromatic carbocycles. The summed E-state index contributed by atoms with van der Waals surface area (Å²) in [5, 5.41) is 11.3. The van der Waals surface area contributed by atoms with E-state index in [1.54, 1.807) is 55.8 Å². The first-order valence-electron chi connectivity index (χ1n) is 11.7. The van der Waals surface area contributed by atoms with Crippen molar-refractivity contribution in [1.82, 2.24) is 14.5 Å². The molecule has 1 saturated heterocycles. The SMILES string of the molecule is CN1CC[C@H](Nc2cccc3c(SC(F)(F)F)c(C#CCNc4ccc(P(C)(C)=O)cc4)nn23)[C@H](F)C1. The minimum Gasteiger partial charge on any atom is -0.374 e. The number of piperidine rings is 1. The second kappa shape index (κ2) is 11.0. The average molecular weight is 554 g/mol. The van der Waals surface area contributed by atoms with Crippen molar-refractivity contribution < 1.29 is 22.1 Å². The molecule has 4 rings (SSSR count). The Labute approximate surface area is 217 Å². The Morgan fingerprint density at radius 1 is 1.19 bits per heavy atom. The molecular formula is C25H28F4N5OPS. The van der Waals surface area contributed by atoms with Crippen LogP contribution >= 0.6 is 18.9 Å². The number of pyridine rings is 1. The van der Waals surface area contributed by atoms with Crippen molar-refractivity contribution in [2.45, 2.75) is 29.0 Å². The van der Waals surface area contributed by atoms with Crippen LogP contribution in [0.4, 0.5) is 29.1 Å². The number of hydrogen-bond donors (Lipinski definition) is 2. The fourth-order valence-electron chi connectivity index (χ4n) is 4.08. The molecule has 2 atom stereocenters. The lowest BCUT2D eigenvalue weighted by molar-refractivity contribution is -0.0327. The molecule has 2 N–H and O–H groups in total. The number of nitrogens with one attached hydrogen (secondary N) is 2. The highest BCUT2D eigenvalue weighted by Gasteiger charge is 2.33. The monoisotopic (exact) mass is 553 g/mol. The van der Waals surface area contributed by atoms with Gasteiger partial charge in [0.2, 0.25) is 0 Å². The molecule has 1 aliphatic heterocycles. The summed E-state index contributed by atoms with van der Waals surface area (Å²) in [6.07, 6.45) is -0.554. The van der Waals surface area contributed by atoms with Crippen LogP contribution < -0.4 is 15.9 Å². The van der Waals surface area contributed by atoms with Crippen molar-refractivity contribution >= 4 is 41.2 Å². The van der Waals surface area contributed by atoms with Gasteiger partial charge in [0, 0.05) is 24.1 Å². The summed E-state index contributed by atoms with van der Waals surface area (Å²) in [6, 6.07) is 11.5.